The van der Waals surface area contributed by atoms with E-state index in [1.54, 1.807) is 7.11 Å². The Morgan fingerprint density at radius 1 is 1.46 bits per heavy atom. The minimum atomic E-state index is 0.440. The van der Waals surface area contributed by atoms with Crippen molar-refractivity contribution in [2.75, 3.05) is 27.3 Å². The molecule has 0 radical (unpaired) electrons. The Bertz CT molecular complexity index is 141. The zero-order valence-electron chi connectivity index (χ0n) is 8.83. The molecular formula is C10H22N2O. The summed E-state index contributed by atoms with van der Waals surface area (Å²) in [5, 5.41) is 0. The van der Waals surface area contributed by atoms with E-state index >= 15 is 0 Å². The van der Waals surface area contributed by atoms with E-state index in [-0.39, 0.29) is 0 Å². The number of nitrogens with two attached hydrogens (primary N) is 1. The SMILES string of the molecule is COCCCN(C)C1CCC(N)C1. The maximum Gasteiger partial charge on any atom is 0.0474 e. The third-order valence-electron chi connectivity index (χ3n) is 2.93. The molecule has 1 aliphatic rings. The van der Waals surface area contributed by atoms with Gasteiger partial charge >= 0.3 is 0 Å². The Morgan fingerprint density at radius 3 is 2.77 bits per heavy atom. The summed E-state index contributed by atoms with van der Waals surface area (Å²) in [6, 6.07) is 1.15. The molecule has 1 fully saturated rings. The van der Waals surface area contributed by atoms with E-state index in [9.17, 15) is 0 Å². The molecule has 0 aromatic heterocycles. The van der Waals surface area contributed by atoms with Gasteiger partial charge in [0.25, 0.3) is 0 Å². The predicted molar refractivity (Wildman–Crippen MR) is 54.7 cm³/mol. The summed E-state index contributed by atoms with van der Waals surface area (Å²) < 4.78 is 5.02. The summed E-state index contributed by atoms with van der Waals surface area (Å²) >= 11 is 0. The Labute approximate surface area is 81.2 Å². The van der Waals surface area contributed by atoms with Crippen LogP contribution in [-0.2, 0) is 4.74 Å². The molecule has 0 aromatic carbocycles. The lowest BCUT2D eigenvalue weighted by Gasteiger charge is -2.23. The molecule has 0 heterocycles. The Morgan fingerprint density at radius 2 is 2.23 bits per heavy atom. The average Bonchev–Trinajstić information content (AvgIpc) is 2.52. The van der Waals surface area contributed by atoms with Crippen LogP contribution in [0, 0.1) is 0 Å². The van der Waals surface area contributed by atoms with Crippen LogP contribution in [0.2, 0.25) is 0 Å². The summed E-state index contributed by atoms with van der Waals surface area (Å²) in [6.45, 7) is 1.99. The van der Waals surface area contributed by atoms with Crippen molar-refractivity contribution in [3.05, 3.63) is 0 Å². The van der Waals surface area contributed by atoms with E-state index < -0.39 is 0 Å². The number of rotatable bonds is 5. The first-order chi connectivity index (χ1) is 6.24. The fourth-order valence-corrected chi connectivity index (χ4v) is 2.03. The second kappa shape index (κ2) is 5.58. The minimum absolute atomic E-state index is 0.440. The van der Waals surface area contributed by atoms with Crippen LogP contribution in [0.1, 0.15) is 25.7 Å². The van der Waals surface area contributed by atoms with Crippen molar-refractivity contribution in [1.29, 1.82) is 0 Å². The molecule has 1 aliphatic carbocycles. The highest BCUT2D eigenvalue weighted by molar-refractivity contribution is 4.83. The lowest BCUT2D eigenvalue weighted by atomic mass is 10.2. The second-order valence-corrected chi connectivity index (χ2v) is 4.05. The maximum absolute atomic E-state index is 5.87. The van der Waals surface area contributed by atoms with Crippen LogP contribution >= 0.6 is 0 Å². The molecule has 0 bridgehead atoms. The van der Waals surface area contributed by atoms with Gasteiger partial charge in [0.2, 0.25) is 0 Å². The predicted octanol–water partition coefficient (Wildman–Crippen LogP) is 0.835. The van der Waals surface area contributed by atoms with Gasteiger partial charge in [-0.05, 0) is 32.7 Å². The Kier molecular flexibility index (Phi) is 4.70. The first-order valence-electron chi connectivity index (χ1n) is 5.18. The molecule has 0 aromatic rings. The molecule has 0 amide bonds. The lowest BCUT2D eigenvalue weighted by molar-refractivity contribution is 0.165. The highest BCUT2D eigenvalue weighted by Crippen LogP contribution is 2.21. The number of ether oxygens (including phenoxy) is 1. The van der Waals surface area contributed by atoms with Crippen LogP contribution in [0.5, 0.6) is 0 Å². The monoisotopic (exact) mass is 186 g/mol. The molecule has 3 heteroatoms. The fraction of sp³-hybridized carbons (Fsp3) is 1.00. The summed E-state index contributed by atoms with van der Waals surface area (Å²) in [6.07, 6.45) is 4.76. The first-order valence-corrected chi connectivity index (χ1v) is 5.18. The van der Waals surface area contributed by atoms with Gasteiger partial charge in [0, 0.05) is 32.3 Å². The van der Waals surface area contributed by atoms with Crippen LogP contribution in [0.15, 0.2) is 0 Å². The molecule has 78 valence electrons. The second-order valence-electron chi connectivity index (χ2n) is 4.05. The van der Waals surface area contributed by atoms with Crippen LogP contribution in [0.4, 0.5) is 0 Å². The minimum Gasteiger partial charge on any atom is -0.385 e. The van der Waals surface area contributed by atoms with E-state index in [4.69, 9.17) is 10.5 Å². The van der Waals surface area contributed by atoms with Gasteiger partial charge < -0.3 is 15.4 Å². The van der Waals surface area contributed by atoms with Crippen LogP contribution in [0.3, 0.4) is 0 Å². The number of nitrogens with zero attached hydrogens (tertiary/aromatic N) is 1. The van der Waals surface area contributed by atoms with Crippen molar-refractivity contribution >= 4 is 0 Å². The van der Waals surface area contributed by atoms with E-state index in [1.165, 1.54) is 19.3 Å². The van der Waals surface area contributed by atoms with Gasteiger partial charge in [-0.15, -0.1) is 0 Å². The normalized spacial score (nSPS) is 28.6. The van der Waals surface area contributed by atoms with E-state index in [1.807, 2.05) is 0 Å². The van der Waals surface area contributed by atoms with Crippen molar-refractivity contribution in [3.63, 3.8) is 0 Å². The van der Waals surface area contributed by atoms with Crippen LogP contribution in [-0.4, -0.2) is 44.3 Å². The lowest BCUT2D eigenvalue weighted by Crippen LogP contribution is -2.32. The summed E-state index contributed by atoms with van der Waals surface area (Å²) in [7, 11) is 3.95. The van der Waals surface area contributed by atoms with Gasteiger partial charge in [-0.3, -0.25) is 0 Å². The third kappa shape index (κ3) is 3.63. The molecule has 2 unspecified atom stereocenters. The molecule has 0 aliphatic heterocycles. The van der Waals surface area contributed by atoms with Crippen LogP contribution < -0.4 is 5.73 Å². The molecule has 3 nitrogen and oxygen atoms in total. The molecular weight excluding hydrogens is 164 g/mol. The van der Waals surface area contributed by atoms with E-state index in [0.717, 1.165) is 19.6 Å². The summed E-state index contributed by atoms with van der Waals surface area (Å²) in [5.74, 6) is 0. The van der Waals surface area contributed by atoms with Crippen molar-refractivity contribution in [3.8, 4) is 0 Å². The van der Waals surface area contributed by atoms with Gasteiger partial charge in [0.1, 0.15) is 0 Å². The highest BCUT2D eigenvalue weighted by Gasteiger charge is 2.24. The van der Waals surface area contributed by atoms with Gasteiger partial charge in [-0.1, -0.05) is 0 Å². The Balaban J connectivity index is 2.12. The highest BCUT2D eigenvalue weighted by atomic mass is 16.5. The van der Waals surface area contributed by atoms with Crippen molar-refractivity contribution < 1.29 is 4.74 Å². The Hall–Kier alpha value is -0.120. The third-order valence-corrected chi connectivity index (χ3v) is 2.93. The van der Waals surface area contributed by atoms with E-state index in [2.05, 4.69) is 11.9 Å². The van der Waals surface area contributed by atoms with E-state index in [0.29, 0.717) is 12.1 Å². The maximum atomic E-state index is 5.87. The molecule has 1 saturated carbocycles. The molecule has 13 heavy (non-hydrogen) atoms. The van der Waals surface area contributed by atoms with Crippen molar-refractivity contribution in [2.24, 2.45) is 5.73 Å². The zero-order chi connectivity index (χ0) is 9.68. The quantitative estimate of drug-likeness (QED) is 0.646. The smallest absolute Gasteiger partial charge is 0.0474 e. The van der Waals surface area contributed by atoms with Gasteiger partial charge in [-0.25, -0.2) is 0 Å². The number of hydrogen-bond acceptors (Lipinski definition) is 3. The van der Waals surface area contributed by atoms with Gasteiger partial charge in [-0.2, -0.15) is 0 Å². The largest absolute Gasteiger partial charge is 0.385 e. The number of hydrogen-bond donors (Lipinski definition) is 1. The molecule has 2 N–H and O–H groups in total. The molecule has 1 rings (SSSR count). The van der Waals surface area contributed by atoms with Crippen LogP contribution in [0.25, 0.3) is 0 Å². The zero-order valence-corrected chi connectivity index (χ0v) is 8.83. The summed E-state index contributed by atoms with van der Waals surface area (Å²) in [4.78, 5) is 2.42. The molecule has 0 saturated heterocycles. The van der Waals surface area contributed by atoms with Crippen molar-refractivity contribution in [1.82, 2.24) is 4.90 Å². The van der Waals surface area contributed by atoms with Gasteiger partial charge in [0.05, 0.1) is 0 Å². The fourth-order valence-electron chi connectivity index (χ4n) is 2.03. The topological polar surface area (TPSA) is 38.5 Å². The van der Waals surface area contributed by atoms with Crippen molar-refractivity contribution in [2.45, 2.75) is 37.8 Å². The molecule has 2 atom stereocenters. The summed E-state index contributed by atoms with van der Waals surface area (Å²) in [5.41, 5.74) is 5.87. The first kappa shape index (κ1) is 11.0. The molecule has 0 spiro atoms. The standard InChI is InChI=1S/C10H22N2O/c1-12(6-3-7-13-2)10-5-4-9(11)8-10/h9-10H,3-8,11H2,1-2H3. The van der Waals surface area contributed by atoms with Gasteiger partial charge in [0.15, 0.2) is 0 Å². The number of methoxy groups -OCH3 is 1. The average molecular weight is 186 g/mol.